The van der Waals surface area contributed by atoms with E-state index in [0.717, 1.165) is 4.88 Å². The van der Waals surface area contributed by atoms with E-state index in [4.69, 9.17) is 14.2 Å². The van der Waals surface area contributed by atoms with E-state index >= 15 is 0 Å². The smallest absolute Gasteiger partial charge is 0.295 e. The number of nitrogens with zero attached hydrogens (tertiary/aromatic N) is 1. The first-order valence-electron chi connectivity index (χ1n) is 9.32. The number of hydrogen-bond donors (Lipinski definition) is 1. The van der Waals surface area contributed by atoms with E-state index in [1.165, 1.54) is 16.2 Å². The van der Waals surface area contributed by atoms with Gasteiger partial charge in [-0.15, -0.1) is 11.3 Å². The average Bonchev–Trinajstić information content (AvgIpc) is 3.35. The zero-order chi connectivity index (χ0) is 20.4. The highest BCUT2D eigenvalue weighted by atomic mass is 32.1. The summed E-state index contributed by atoms with van der Waals surface area (Å²) in [6.45, 7) is 1.71. The Morgan fingerprint density at radius 2 is 2.03 bits per heavy atom. The van der Waals surface area contributed by atoms with Crippen LogP contribution in [-0.4, -0.2) is 55.2 Å². The molecule has 1 saturated heterocycles. The van der Waals surface area contributed by atoms with Gasteiger partial charge in [0.25, 0.3) is 11.7 Å². The van der Waals surface area contributed by atoms with Crippen LogP contribution in [0.4, 0.5) is 0 Å². The molecule has 1 aromatic heterocycles. The topological polar surface area (TPSA) is 85.3 Å². The maximum Gasteiger partial charge on any atom is 0.295 e. The molecule has 2 aliphatic heterocycles. The second-order valence-corrected chi connectivity index (χ2v) is 7.69. The Bertz CT molecular complexity index is 952. The summed E-state index contributed by atoms with van der Waals surface area (Å²) in [6.07, 6.45) is 0.593. The minimum atomic E-state index is -0.687. The number of fused-ring (bicyclic) bond motifs is 1. The van der Waals surface area contributed by atoms with Gasteiger partial charge in [-0.05, 0) is 36.1 Å². The van der Waals surface area contributed by atoms with Gasteiger partial charge in [0.15, 0.2) is 11.5 Å². The quantitative estimate of drug-likeness (QED) is 0.338. The number of aliphatic hydroxyl groups is 1. The number of carbonyl (C=O) groups is 2. The number of thiophene rings is 1. The van der Waals surface area contributed by atoms with Crippen molar-refractivity contribution in [2.24, 2.45) is 0 Å². The number of amides is 1. The Hall–Kier alpha value is -2.84. The van der Waals surface area contributed by atoms with Gasteiger partial charge in [0.1, 0.15) is 19.0 Å². The largest absolute Gasteiger partial charge is 0.507 e. The molecule has 152 valence electrons. The third-order valence-corrected chi connectivity index (χ3v) is 5.84. The normalized spacial score (nSPS) is 20.3. The SMILES string of the molecule is COCCCN1C(=O)C(=O)/C(=C(/O)c2ccc3c(c2)OCCO3)C1c1cccs1. The third-order valence-electron chi connectivity index (χ3n) is 4.92. The first-order valence-corrected chi connectivity index (χ1v) is 10.2. The molecule has 0 saturated carbocycles. The van der Waals surface area contributed by atoms with E-state index in [-0.39, 0.29) is 11.3 Å². The highest BCUT2D eigenvalue weighted by Crippen LogP contribution is 2.42. The summed E-state index contributed by atoms with van der Waals surface area (Å²) in [4.78, 5) is 27.9. The van der Waals surface area contributed by atoms with Crippen molar-refractivity contribution in [3.8, 4) is 11.5 Å². The first kappa shape index (κ1) is 19.5. The summed E-state index contributed by atoms with van der Waals surface area (Å²) >= 11 is 1.44. The van der Waals surface area contributed by atoms with E-state index in [1.807, 2.05) is 17.5 Å². The molecule has 0 radical (unpaired) electrons. The van der Waals surface area contributed by atoms with Gasteiger partial charge >= 0.3 is 0 Å². The van der Waals surface area contributed by atoms with Crippen LogP contribution in [0.15, 0.2) is 41.3 Å². The minimum absolute atomic E-state index is 0.0894. The van der Waals surface area contributed by atoms with Crippen molar-refractivity contribution in [1.82, 2.24) is 4.90 Å². The zero-order valence-corrected chi connectivity index (χ0v) is 16.7. The Morgan fingerprint density at radius 3 is 2.76 bits per heavy atom. The molecule has 1 unspecified atom stereocenters. The molecule has 3 heterocycles. The molecule has 1 N–H and O–H groups in total. The summed E-state index contributed by atoms with van der Waals surface area (Å²) in [5.41, 5.74) is 0.497. The molecule has 2 aliphatic rings. The molecule has 0 bridgehead atoms. The van der Waals surface area contributed by atoms with E-state index in [9.17, 15) is 14.7 Å². The number of benzene rings is 1. The van der Waals surface area contributed by atoms with Crippen LogP contribution in [-0.2, 0) is 14.3 Å². The van der Waals surface area contributed by atoms with Gasteiger partial charge in [-0.3, -0.25) is 9.59 Å². The van der Waals surface area contributed by atoms with Crippen molar-refractivity contribution in [3.63, 3.8) is 0 Å². The predicted octanol–water partition coefficient (Wildman–Crippen LogP) is 2.98. The number of carbonyl (C=O) groups excluding carboxylic acids is 2. The predicted molar refractivity (Wildman–Crippen MR) is 107 cm³/mol. The lowest BCUT2D eigenvalue weighted by Gasteiger charge is -2.24. The van der Waals surface area contributed by atoms with Gasteiger partial charge in [0.05, 0.1) is 11.6 Å². The summed E-state index contributed by atoms with van der Waals surface area (Å²) in [6, 6.07) is 8.08. The number of likely N-dealkylation sites (tertiary alicyclic amines) is 1. The van der Waals surface area contributed by atoms with Crippen LogP contribution in [0.1, 0.15) is 22.9 Å². The number of Topliss-reactive ketones (excluding diaryl/α,β-unsaturated/α-hetero) is 1. The number of rotatable bonds is 6. The second kappa shape index (κ2) is 8.26. The number of ketones is 1. The van der Waals surface area contributed by atoms with E-state index in [1.54, 1.807) is 25.3 Å². The van der Waals surface area contributed by atoms with E-state index < -0.39 is 17.7 Å². The zero-order valence-electron chi connectivity index (χ0n) is 15.9. The number of methoxy groups -OCH3 is 1. The molecular weight excluding hydrogens is 394 g/mol. The molecule has 2 aromatic rings. The van der Waals surface area contributed by atoms with Gasteiger partial charge < -0.3 is 24.2 Å². The van der Waals surface area contributed by atoms with Crippen molar-refractivity contribution in [1.29, 1.82) is 0 Å². The average molecular weight is 415 g/mol. The standard InChI is InChI=1S/C21H21NO6S/c1-26-8-3-7-22-18(16-4-2-11-29-16)17(20(24)21(22)25)19(23)13-5-6-14-15(12-13)28-10-9-27-14/h2,4-6,11-12,18,23H,3,7-10H2,1H3/b19-17+. The lowest BCUT2D eigenvalue weighted by molar-refractivity contribution is -0.140. The lowest BCUT2D eigenvalue weighted by atomic mass is 9.99. The van der Waals surface area contributed by atoms with E-state index in [2.05, 4.69) is 0 Å². The Balaban J connectivity index is 1.77. The van der Waals surface area contributed by atoms with Gasteiger partial charge in [0.2, 0.25) is 0 Å². The van der Waals surface area contributed by atoms with Crippen LogP contribution < -0.4 is 9.47 Å². The van der Waals surface area contributed by atoms with Crippen LogP contribution in [0.25, 0.3) is 5.76 Å². The Labute approximate surface area is 172 Å². The van der Waals surface area contributed by atoms with Crippen molar-refractivity contribution in [3.05, 3.63) is 51.7 Å². The number of hydrogen-bond acceptors (Lipinski definition) is 7. The second-order valence-electron chi connectivity index (χ2n) is 6.71. The lowest BCUT2D eigenvalue weighted by Crippen LogP contribution is -2.31. The summed E-state index contributed by atoms with van der Waals surface area (Å²) in [5.74, 6) is -0.426. The minimum Gasteiger partial charge on any atom is -0.507 e. The maximum absolute atomic E-state index is 12.9. The molecule has 7 nitrogen and oxygen atoms in total. The molecule has 0 spiro atoms. The summed E-state index contributed by atoms with van der Waals surface area (Å²) in [5, 5.41) is 12.9. The molecule has 4 rings (SSSR count). The van der Waals surface area contributed by atoms with Crippen LogP contribution >= 0.6 is 11.3 Å². The van der Waals surface area contributed by atoms with Crippen LogP contribution in [0.2, 0.25) is 0 Å². The van der Waals surface area contributed by atoms with Crippen molar-refractivity contribution >= 4 is 28.8 Å². The fraction of sp³-hybridized carbons (Fsp3) is 0.333. The van der Waals surface area contributed by atoms with Crippen molar-refractivity contribution in [2.45, 2.75) is 12.5 Å². The Kier molecular flexibility index (Phi) is 5.55. The van der Waals surface area contributed by atoms with E-state index in [0.29, 0.717) is 49.8 Å². The Morgan fingerprint density at radius 1 is 1.24 bits per heavy atom. The van der Waals surface area contributed by atoms with Gasteiger partial charge in [-0.25, -0.2) is 0 Å². The van der Waals surface area contributed by atoms with Crippen molar-refractivity contribution < 1.29 is 28.9 Å². The van der Waals surface area contributed by atoms with Crippen molar-refractivity contribution in [2.75, 3.05) is 33.5 Å². The molecule has 0 aliphatic carbocycles. The number of aliphatic hydroxyl groups excluding tert-OH is 1. The van der Waals surface area contributed by atoms with Crippen LogP contribution in [0.5, 0.6) is 11.5 Å². The monoisotopic (exact) mass is 415 g/mol. The summed E-state index contributed by atoms with van der Waals surface area (Å²) < 4.78 is 16.2. The molecule has 1 aromatic carbocycles. The molecule has 1 fully saturated rings. The summed E-state index contributed by atoms with van der Waals surface area (Å²) in [7, 11) is 1.59. The molecule has 29 heavy (non-hydrogen) atoms. The molecule has 1 atom stereocenters. The molecular formula is C21H21NO6S. The highest BCUT2D eigenvalue weighted by molar-refractivity contribution is 7.10. The molecule has 1 amide bonds. The fourth-order valence-corrected chi connectivity index (χ4v) is 4.42. The van der Waals surface area contributed by atoms with Gasteiger partial charge in [-0.1, -0.05) is 6.07 Å². The van der Waals surface area contributed by atoms with Crippen LogP contribution in [0.3, 0.4) is 0 Å². The van der Waals surface area contributed by atoms with Crippen LogP contribution in [0, 0.1) is 0 Å². The highest BCUT2D eigenvalue weighted by Gasteiger charge is 2.46. The third kappa shape index (κ3) is 3.61. The van der Waals surface area contributed by atoms with Gasteiger partial charge in [-0.2, -0.15) is 0 Å². The first-order chi connectivity index (χ1) is 14.1. The number of ether oxygens (including phenoxy) is 3. The molecule has 8 heteroatoms. The fourth-order valence-electron chi connectivity index (χ4n) is 3.58. The van der Waals surface area contributed by atoms with Gasteiger partial charge in [0, 0.05) is 30.7 Å². The maximum atomic E-state index is 12.9.